The molecule has 0 saturated carbocycles. The largest absolute Gasteiger partial charge is 0.525 e. The van der Waals surface area contributed by atoms with Crippen LogP contribution in [0.2, 0.25) is 0 Å². The average molecular weight is 274 g/mol. The Morgan fingerprint density at radius 2 is 1.45 bits per heavy atom. The van der Waals surface area contributed by atoms with Gasteiger partial charge in [0.15, 0.2) is 0 Å². The van der Waals surface area contributed by atoms with Crippen molar-refractivity contribution in [3.63, 3.8) is 0 Å². The normalized spacial score (nSPS) is 23.1. The molecule has 2 aliphatic rings. The molecular formula is C16H20BFO2. The Bertz CT molecular complexity index is 535. The van der Waals surface area contributed by atoms with Crippen LogP contribution >= 0.6 is 0 Å². The molecule has 1 aromatic carbocycles. The second kappa shape index (κ2) is 4.44. The Hall–Kier alpha value is -1.13. The van der Waals surface area contributed by atoms with Gasteiger partial charge in [-0.25, -0.2) is 4.39 Å². The SMILES string of the molecule is CC1(C)OB(C(F)=C2Cc3ccccc3C2)OC1(C)C. The average Bonchev–Trinajstić information content (AvgIpc) is 2.87. The van der Waals surface area contributed by atoms with Crippen LogP contribution in [0.4, 0.5) is 4.39 Å². The van der Waals surface area contributed by atoms with Crippen LogP contribution in [0.1, 0.15) is 38.8 Å². The maximum absolute atomic E-state index is 14.7. The second-order valence-electron chi connectivity index (χ2n) is 6.66. The van der Waals surface area contributed by atoms with Crippen molar-refractivity contribution in [1.29, 1.82) is 0 Å². The molecule has 3 rings (SSSR count). The highest BCUT2D eigenvalue weighted by Gasteiger charge is 2.53. The van der Waals surface area contributed by atoms with Gasteiger partial charge in [0, 0.05) is 0 Å². The molecule has 4 heteroatoms. The molecule has 2 nitrogen and oxygen atoms in total. The molecule has 106 valence electrons. The van der Waals surface area contributed by atoms with Crippen LogP contribution in [-0.4, -0.2) is 18.3 Å². The first-order chi connectivity index (χ1) is 9.30. The van der Waals surface area contributed by atoms with Crippen LogP contribution in [0, 0.1) is 0 Å². The van der Waals surface area contributed by atoms with Crippen molar-refractivity contribution in [2.24, 2.45) is 0 Å². The highest BCUT2D eigenvalue weighted by atomic mass is 19.1. The zero-order valence-electron chi connectivity index (χ0n) is 12.5. The van der Waals surface area contributed by atoms with Crippen LogP contribution in [-0.2, 0) is 22.2 Å². The first-order valence-corrected chi connectivity index (χ1v) is 7.10. The topological polar surface area (TPSA) is 18.5 Å². The van der Waals surface area contributed by atoms with E-state index in [-0.39, 0.29) is 5.73 Å². The number of rotatable bonds is 1. The van der Waals surface area contributed by atoms with Crippen LogP contribution < -0.4 is 0 Å². The van der Waals surface area contributed by atoms with Crippen molar-refractivity contribution in [3.8, 4) is 0 Å². The molecule has 20 heavy (non-hydrogen) atoms. The molecule has 0 radical (unpaired) electrons. The predicted octanol–water partition coefficient (Wildman–Crippen LogP) is 3.64. The zero-order valence-corrected chi connectivity index (χ0v) is 12.5. The first kappa shape index (κ1) is 13.8. The second-order valence-corrected chi connectivity index (χ2v) is 6.66. The molecule has 1 heterocycles. The van der Waals surface area contributed by atoms with Gasteiger partial charge >= 0.3 is 7.12 Å². The van der Waals surface area contributed by atoms with E-state index >= 15 is 0 Å². The fourth-order valence-electron chi connectivity index (χ4n) is 2.71. The lowest BCUT2D eigenvalue weighted by Gasteiger charge is -2.32. The molecule has 1 aliphatic heterocycles. The van der Waals surface area contributed by atoms with E-state index in [1.807, 2.05) is 39.8 Å². The third-order valence-electron chi connectivity index (χ3n) is 4.72. The van der Waals surface area contributed by atoms with E-state index < -0.39 is 18.3 Å². The van der Waals surface area contributed by atoms with E-state index in [4.69, 9.17) is 9.31 Å². The van der Waals surface area contributed by atoms with Gasteiger partial charge in [0.2, 0.25) is 0 Å². The van der Waals surface area contributed by atoms with Gasteiger partial charge in [0.1, 0.15) is 5.73 Å². The number of fused-ring (bicyclic) bond motifs is 1. The Balaban J connectivity index is 1.85. The lowest BCUT2D eigenvalue weighted by Crippen LogP contribution is -2.41. The lowest BCUT2D eigenvalue weighted by molar-refractivity contribution is 0.00578. The third-order valence-corrected chi connectivity index (χ3v) is 4.72. The lowest BCUT2D eigenvalue weighted by atomic mass is 9.84. The van der Waals surface area contributed by atoms with Crippen LogP contribution in [0.25, 0.3) is 0 Å². The number of hydrogen-bond donors (Lipinski definition) is 0. The summed E-state index contributed by atoms with van der Waals surface area (Å²) in [6.07, 6.45) is 1.32. The first-order valence-electron chi connectivity index (χ1n) is 7.10. The van der Waals surface area contributed by atoms with Crippen LogP contribution in [0.5, 0.6) is 0 Å². The van der Waals surface area contributed by atoms with Gasteiger partial charge in [-0.2, -0.15) is 0 Å². The van der Waals surface area contributed by atoms with E-state index in [0.717, 1.165) is 5.57 Å². The zero-order chi connectivity index (χ0) is 14.5. The van der Waals surface area contributed by atoms with Crippen LogP contribution in [0.3, 0.4) is 0 Å². The van der Waals surface area contributed by atoms with E-state index in [9.17, 15) is 4.39 Å². The quantitative estimate of drug-likeness (QED) is 0.728. The Morgan fingerprint density at radius 1 is 1.00 bits per heavy atom. The Kier molecular flexibility index (Phi) is 3.07. The molecule has 0 amide bonds. The van der Waals surface area contributed by atoms with Gasteiger partial charge in [0.05, 0.1) is 11.2 Å². The maximum Gasteiger partial charge on any atom is 0.525 e. The van der Waals surface area contributed by atoms with Crippen molar-refractivity contribution in [2.45, 2.75) is 51.7 Å². The van der Waals surface area contributed by atoms with Crippen LogP contribution in [0.15, 0.2) is 35.6 Å². The van der Waals surface area contributed by atoms with E-state index in [1.54, 1.807) is 0 Å². The van der Waals surface area contributed by atoms with Gasteiger partial charge in [-0.05, 0) is 57.2 Å². The minimum atomic E-state index is -0.871. The fourth-order valence-corrected chi connectivity index (χ4v) is 2.71. The van der Waals surface area contributed by atoms with E-state index in [1.165, 1.54) is 11.1 Å². The smallest absolute Gasteiger partial charge is 0.398 e. The molecule has 0 bridgehead atoms. The summed E-state index contributed by atoms with van der Waals surface area (Å²) >= 11 is 0. The molecule has 1 fully saturated rings. The number of allylic oxidation sites excluding steroid dienone is 1. The monoisotopic (exact) mass is 274 g/mol. The number of hydrogen-bond acceptors (Lipinski definition) is 2. The Labute approximate surface area is 120 Å². The minimum Gasteiger partial charge on any atom is -0.398 e. The van der Waals surface area contributed by atoms with Crippen molar-refractivity contribution in [1.82, 2.24) is 0 Å². The van der Waals surface area contributed by atoms with Gasteiger partial charge in [-0.15, -0.1) is 0 Å². The van der Waals surface area contributed by atoms with E-state index in [2.05, 4.69) is 12.1 Å². The molecule has 0 aromatic heterocycles. The van der Waals surface area contributed by atoms with Gasteiger partial charge in [0.25, 0.3) is 0 Å². The molecule has 1 saturated heterocycles. The molecule has 1 aromatic rings. The molecule has 1 aliphatic carbocycles. The summed E-state index contributed by atoms with van der Waals surface area (Å²) in [5.41, 5.74) is 1.94. The van der Waals surface area contributed by atoms with Gasteiger partial charge in [-0.1, -0.05) is 24.3 Å². The molecule has 0 spiro atoms. The fraction of sp³-hybridized carbons (Fsp3) is 0.500. The molecule has 0 N–H and O–H groups in total. The molecular weight excluding hydrogens is 254 g/mol. The highest BCUT2D eigenvalue weighted by molar-refractivity contribution is 6.53. The summed E-state index contributed by atoms with van der Waals surface area (Å²) in [6.45, 7) is 7.76. The summed E-state index contributed by atoms with van der Waals surface area (Å²) in [7, 11) is -0.871. The molecule has 0 unspecified atom stereocenters. The van der Waals surface area contributed by atoms with Crippen molar-refractivity contribution < 1.29 is 13.7 Å². The van der Waals surface area contributed by atoms with Gasteiger partial charge < -0.3 is 9.31 Å². The maximum atomic E-state index is 14.7. The summed E-state index contributed by atoms with van der Waals surface area (Å²) in [6, 6.07) is 8.10. The van der Waals surface area contributed by atoms with Crippen molar-refractivity contribution >= 4 is 7.12 Å². The minimum absolute atomic E-state index is 0.250. The standard InChI is InChI=1S/C16H20BFO2/c1-15(2)16(3,4)20-17(19-15)14(18)13-9-11-7-5-6-8-12(11)10-13/h5-8H,9-10H2,1-4H3. The van der Waals surface area contributed by atoms with E-state index in [0.29, 0.717) is 12.8 Å². The highest BCUT2D eigenvalue weighted by Crippen LogP contribution is 2.40. The number of benzene rings is 1. The molecule has 0 atom stereocenters. The van der Waals surface area contributed by atoms with Gasteiger partial charge in [-0.3, -0.25) is 0 Å². The Morgan fingerprint density at radius 3 is 1.90 bits per heavy atom. The summed E-state index contributed by atoms with van der Waals surface area (Å²) in [5, 5.41) is 0. The summed E-state index contributed by atoms with van der Waals surface area (Å²) in [4.78, 5) is 0. The summed E-state index contributed by atoms with van der Waals surface area (Å²) in [5.74, 6) is 0. The van der Waals surface area contributed by atoms with Crippen molar-refractivity contribution in [3.05, 3.63) is 46.7 Å². The van der Waals surface area contributed by atoms with Crippen molar-refractivity contribution in [2.75, 3.05) is 0 Å². The predicted molar refractivity (Wildman–Crippen MR) is 78.1 cm³/mol. The third kappa shape index (κ3) is 2.11. The summed E-state index contributed by atoms with van der Waals surface area (Å²) < 4.78 is 26.3. The number of halogens is 1.